The van der Waals surface area contributed by atoms with Gasteiger partial charge in [-0.15, -0.1) is 0 Å². The summed E-state index contributed by atoms with van der Waals surface area (Å²) in [4.78, 5) is 27.2. The quantitative estimate of drug-likeness (QED) is 0.141. The van der Waals surface area contributed by atoms with Crippen LogP contribution in [0.2, 0.25) is 0 Å². The van der Waals surface area contributed by atoms with E-state index in [9.17, 15) is 55.5 Å². The molecule has 0 aromatic carbocycles. The van der Waals surface area contributed by atoms with Gasteiger partial charge in [-0.1, -0.05) is 32.4 Å². The fourth-order valence-corrected chi connectivity index (χ4v) is 12.5. The molecule has 5 aliphatic carbocycles. The summed E-state index contributed by atoms with van der Waals surface area (Å²) in [5.41, 5.74) is -5.24. The summed E-state index contributed by atoms with van der Waals surface area (Å²) >= 11 is 0. The largest absolute Gasteiger partial charge is 0.481 e. The van der Waals surface area contributed by atoms with Crippen molar-refractivity contribution in [1.82, 2.24) is 0 Å². The number of aliphatic carboxylic acids is 1. The predicted molar refractivity (Wildman–Crippen MR) is 171 cm³/mol. The van der Waals surface area contributed by atoms with Crippen molar-refractivity contribution in [2.45, 2.75) is 135 Å². The number of aliphatic hydroxyl groups excluding tert-OH is 7. The summed E-state index contributed by atoms with van der Waals surface area (Å²) in [6, 6.07) is 0. The van der Waals surface area contributed by atoms with E-state index in [-0.39, 0.29) is 31.8 Å². The van der Waals surface area contributed by atoms with Crippen LogP contribution >= 0.6 is 0 Å². The molecule has 6 rings (SSSR count). The molecule has 6 aliphatic rings. The molecule has 0 aromatic rings. The van der Waals surface area contributed by atoms with Gasteiger partial charge in [0.2, 0.25) is 6.29 Å². The summed E-state index contributed by atoms with van der Waals surface area (Å²) in [5, 5.41) is 96.4. The second-order valence-corrected chi connectivity index (χ2v) is 17.4. The lowest BCUT2D eigenvalue weighted by molar-refractivity contribution is -0.299. The highest BCUT2D eigenvalue weighted by Gasteiger charge is 2.73. The Morgan fingerprint density at radius 3 is 2.16 bits per heavy atom. The van der Waals surface area contributed by atoms with E-state index in [1.807, 2.05) is 6.92 Å². The van der Waals surface area contributed by atoms with Crippen LogP contribution in [0, 0.1) is 50.7 Å². The summed E-state index contributed by atoms with van der Waals surface area (Å²) < 4.78 is 11.4. The summed E-state index contributed by atoms with van der Waals surface area (Å²) in [6.45, 7) is 8.58. The van der Waals surface area contributed by atoms with Crippen LogP contribution in [0.5, 0.6) is 0 Å². The van der Waals surface area contributed by atoms with Crippen LogP contribution in [0.4, 0.5) is 0 Å². The average molecular weight is 697 g/mol. The van der Waals surface area contributed by atoms with Gasteiger partial charge in [-0.2, -0.15) is 0 Å². The van der Waals surface area contributed by atoms with Gasteiger partial charge in [0, 0.05) is 18.4 Å². The summed E-state index contributed by atoms with van der Waals surface area (Å²) in [5.74, 6) is -3.74. The van der Waals surface area contributed by atoms with Crippen molar-refractivity contribution in [2.75, 3.05) is 13.2 Å². The third-order valence-corrected chi connectivity index (χ3v) is 15.6. The Balaban J connectivity index is 1.42. The molecule has 0 unspecified atom stereocenters. The van der Waals surface area contributed by atoms with Crippen LogP contribution in [0.15, 0.2) is 11.6 Å². The first-order valence-electron chi connectivity index (χ1n) is 17.9. The molecule has 17 atom stereocenters. The Kier molecular flexibility index (Phi) is 9.03. The minimum absolute atomic E-state index is 0.0935. The highest BCUT2D eigenvalue weighted by atomic mass is 16.7. The number of ether oxygens (including phenoxy) is 2. The molecule has 0 spiro atoms. The van der Waals surface area contributed by atoms with Gasteiger partial charge in [-0.25, -0.2) is 0 Å². The molecule has 49 heavy (non-hydrogen) atoms. The Hall–Kier alpha value is -1.68. The normalized spacial score (nSPS) is 55.5. The molecule has 13 heteroatoms. The van der Waals surface area contributed by atoms with E-state index in [1.54, 1.807) is 13.8 Å². The van der Waals surface area contributed by atoms with Crippen molar-refractivity contribution in [2.24, 2.45) is 50.7 Å². The number of fused-ring (bicyclic) bond motifs is 7. The molecule has 5 fully saturated rings. The molecule has 1 aliphatic heterocycles. The number of allylic oxidation sites excluding steroid dienone is 1. The van der Waals surface area contributed by atoms with Crippen LogP contribution in [0.25, 0.3) is 0 Å². The van der Waals surface area contributed by atoms with E-state index in [1.165, 1.54) is 0 Å². The maximum Gasteiger partial charge on any atom is 0.315 e. The van der Waals surface area contributed by atoms with Gasteiger partial charge in [0.15, 0.2) is 0 Å². The Morgan fingerprint density at radius 2 is 1.55 bits per heavy atom. The van der Waals surface area contributed by atoms with E-state index in [0.29, 0.717) is 32.1 Å². The van der Waals surface area contributed by atoms with Crippen LogP contribution in [-0.2, 0) is 19.1 Å². The van der Waals surface area contributed by atoms with Crippen LogP contribution in [0.1, 0.15) is 86.0 Å². The van der Waals surface area contributed by atoms with Crippen molar-refractivity contribution in [3.63, 3.8) is 0 Å². The zero-order chi connectivity index (χ0) is 36.3. The minimum Gasteiger partial charge on any atom is -0.481 e. The number of carboxylic acid groups (broad SMARTS) is 1. The van der Waals surface area contributed by atoms with Gasteiger partial charge >= 0.3 is 11.9 Å². The number of carboxylic acids is 1. The number of aliphatic hydroxyl groups is 8. The Morgan fingerprint density at radius 1 is 0.878 bits per heavy atom. The lowest BCUT2D eigenvalue weighted by Gasteiger charge is -2.71. The first kappa shape index (κ1) is 37.1. The predicted octanol–water partition coefficient (Wildman–Crippen LogP) is 0.471. The maximum absolute atomic E-state index is 14.5. The van der Waals surface area contributed by atoms with Crippen molar-refractivity contribution in [1.29, 1.82) is 0 Å². The lowest BCUT2D eigenvalue weighted by atomic mass is 9.33. The molecular weight excluding hydrogens is 640 g/mol. The van der Waals surface area contributed by atoms with Crippen LogP contribution in [-0.4, -0.2) is 120 Å². The van der Waals surface area contributed by atoms with Crippen molar-refractivity contribution in [3.8, 4) is 0 Å². The minimum atomic E-state index is -1.79. The third-order valence-electron chi connectivity index (χ3n) is 15.6. The van der Waals surface area contributed by atoms with Gasteiger partial charge < -0.3 is 55.4 Å². The second-order valence-electron chi connectivity index (χ2n) is 17.4. The molecule has 4 saturated carbocycles. The van der Waals surface area contributed by atoms with Gasteiger partial charge in [-0.05, 0) is 93.3 Å². The number of hydrogen-bond acceptors (Lipinski definition) is 12. The highest BCUT2D eigenvalue weighted by Crippen LogP contribution is 2.76. The standard InChI is InChI=1S/C36H56O13/c1-31-14-19(39)27(43)34(4,29(44)45)22(31)9-10-33(3)21(31)7-6-18-26-35(5,47)17(15-37)8-11-36(26,13-12-32(18,33)2)30(46)49-28-25(42)24(41)23(40)20(16-38)48-28/h6,17,19-28,37-43,47H,7-16H2,1-5H3,(H,44,45)/t17-,19-,20-,21+,22-,23+,24+,25+,26+,27+,28-,31-,32+,33-,34+,35-,36-/m0/s1. The van der Waals surface area contributed by atoms with Crippen molar-refractivity contribution < 1.29 is 65.0 Å². The first-order chi connectivity index (χ1) is 22.7. The van der Waals surface area contributed by atoms with Crippen LogP contribution < -0.4 is 0 Å². The number of rotatable bonds is 5. The molecule has 1 saturated heterocycles. The molecule has 0 radical (unpaired) electrons. The molecule has 1 heterocycles. The molecule has 0 amide bonds. The fraction of sp³-hybridized carbons (Fsp3) is 0.889. The smallest absolute Gasteiger partial charge is 0.315 e. The molecule has 278 valence electrons. The second kappa shape index (κ2) is 11.9. The molecular formula is C36H56O13. The van der Waals surface area contributed by atoms with Crippen LogP contribution in [0.3, 0.4) is 0 Å². The molecule has 0 aromatic heterocycles. The van der Waals surface area contributed by atoms with Gasteiger partial charge in [0.25, 0.3) is 0 Å². The van der Waals surface area contributed by atoms with Crippen molar-refractivity contribution >= 4 is 11.9 Å². The highest BCUT2D eigenvalue weighted by molar-refractivity contribution is 5.79. The number of esters is 1. The zero-order valence-electron chi connectivity index (χ0n) is 29.2. The monoisotopic (exact) mass is 696 g/mol. The van der Waals surface area contributed by atoms with Gasteiger partial charge in [0.05, 0.1) is 35.2 Å². The average Bonchev–Trinajstić information content (AvgIpc) is 3.03. The topological polar surface area (TPSA) is 235 Å². The van der Waals surface area contributed by atoms with E-state index in [2.05, 4.69) is 19.9 Å². The van der Waals surface area contributed by atoms with E-state index >= 15 is 0 Å². The third kappa shape index (κ3) is 4.76. The number of hydrogen-bond donors (Lipinski definition) is 9. The Labute approximate surface area is 286 Å². The summed E-state index contributed by atoms with van der Waals surface area (Å²) in [7, 11) is 0. The Bertz CT molecular complexity index is 1370. The SMILES string of the molecule is C[C@]1(O)[C@H](CO)CC[C@]2(C(=O)O[C@@H]3O[C@@H](CO)[C@@H](O)[C@@H](O)[C@H]3O)CC[C@]3(C)C(=CC[C@@H]4[C@]5(C)C[C@H](O)[C@@H](O)[C@](C)(C(=O)O)[C@H]5CC[C@@]43C)[C@@H]21. The maximum atomic E-state index is 14.5. The van der Waals surface area contributed by atoms with Gasteiger partial charge in [-0.3, -0.25) is 9.59 Å². The van der Waals surface area contributed by atoms with E-state index < -0.39 is 112 Å². The molecule has 13 nitrogen and oxygen atoms in total. The zero-order valence-corrected chi connectivity index (χ0v) is 29.2. The van der Waals surface area contributed by atoms with Gasteiger partial charge in [0.1, 0.15) is 24.4 Å². The lowest BCUT2D eigenvalue weighted by Crippen LogP contribution is -2.70. The van der Waals surface area contributed by atoms with E-state index in [0.717, 1.165) is 5.57 Å². The number of carbonyl (C=O) groups is 2. The first-order valence-corrected chi connectivity index (χ1v) is 17.9. The molecule has 0 bridgehead atoms. The number of carbonyl (C=O) groups excluding carboxylic acids is 1. The van der Waals surface area contributed by atoms with E-state index in [4.69, 9.17) is 9.47 Å². The fourth-order valence-electron chi connectivity index (χ4n) is 12.5. The molecule has 9 N–H and O–H groups in total. The van der Waals surface area contributed by atoms with Crippen molar-refractivity contribution in [3.05, 3.63) is 11.6 Å². The summed E-state index contributed by atoms with van der Waals surface area (Å²) in [6.07, 6.45) is -5.43.